The van der Waals surface area contributed by atoms with Gasteiger partial charge >= 0.3 is 5.69 Å². The summed E-state index contributed by atoms with van der Waals surface area (Å²) in [4.78, 5) is 18.8. The minimum absolute atomic E-state index is 0.0935. The van der Waals surface area contributed by atoms with E-state index in [1.807, 2.05) is 13.8 Å². The zero-order valence-electron chi connectivity index (χ0n) is 11.4. The number of hydrogen-bond donors (Lipinski definition) is 2. The van der Waals surface area contributed by atoms with Gasteiger partial charge < -0.3 is 15.1 Å². The molecule has 8 heteroatoms. The summed E-state index contributed by atoms with van der Waals surface area (Å²) in [6.45, 7) is 3.88. The number of rotatable bonds is 5. The van der Waals surface area contributed by atoms with Crippen LogP contribution >= 0.6 is 0 Å². The Morgan fingerprint density at radius 1 is 1.35 bits per heavy atom. The SMILES string of the molecule is CNc1ccc([N+](=O)[O-])c(NCc2nc(C)c(C)o2)n1. The normalized spacial score (nSPS) is 10.3. The summed E-state index contributed by atoms with van der Waals surface area (Å²) in [5.41, 5.74) is 0.706. The molecule has 2 N–H and O–H groups in total. The Hall–Kier alpha value is -2.64. The monoisotopic (exact) mass is 277 g/mol. The summed E-state index contributed by atoms with van der Waals surface area (Å²) in [6.07, 6.45) is 0. The van der Waals surface area contributed by atoms with Crippen LogP contribution in [0.2, 0.25) is 0 Å². The van der Waals surface area contributed by atoms with Gasteiger partial charge in [-0.2, -0.15) is 0 Å². The first kappa shape index (κ1) is 13.8. The van der Waals surface area contributed by atoms with Gasteiger partial charge in [-0.05, 0) is 19.9 Å². The van der Waals surface area contributed by atoms with Crippen LogP contribution < -0.4 is 10.6 Å². The highest BCUT2D eigenvalue weighted by Crippen LogP contribution is 2.24. The predicted molar refractivity (Wildman–Crippen MR) is 73.7 cm³/mol. The van der Waals surface area contributed by atoms with E-state index in [0.29, 0.717) is 11.7 Å². The molecule has 2 rings (SSSR count). The van der Waals surface area contributed by atoms with Crippen molar-refractivity contribution in [2.75, 3.05) is 17.7 Å². The van der Waals surface area contributed by atoms with E-state index in [1.165, 1.54) is 6.07 Å². The Kier molecular flexibility index (Phi) is 3.83. The minimum atomic E-state index is -0.485. The molecule has 0 radical (unpaired) electrons. The Morgan fingerprint density at radius 3 is 2.65 bits per heavy atom. The Bertz CT molecular complexity index is 619. The second-order valence-electron chi connectivity index (χ2n) is 4.17. The molecule has 0 saturated heterocycles. The summed E-state index contributed by atoms with van der Waals surface area (Å²) in [5, 5.41) is 16.7. The fraction of sp³-hybridized carbons (Fsp3) is 0.333. The van der Waals surface area contributed by atoms with Gasteiger partial charge in [-0.1, -0.05) is 0 Å². The molecule has 0 spiro atoms. The van der Waals surface area contributed by atoms with Crippen molar-refractivity contribution in [3.63, 3.8) is 0 Å². The molecule has 0 amide bonds. The van der Waals surface area contributed by atoms with Crippen LogP contribution in [0, 0.1) is 24.0 Å². The van der Waals surface area contributed by atoms with Crippen molar-refractivity contribution in [3.05, 3.63) is 39.6 Å². The van der Waals surface area contributed by atoms with Crippen LogP contribution in [-0.2, 0) is 6.54 Å². The number of anilines is 2. The molecule has 2 aromatic heterocycles. The Labute approximate surface area is 115 Å². The highest BCUT2D eigenvalue weighted by molar-refractivity contribution is 5.60. The lowest BCUT2D eigenvalue weighted by molar-refractivity contribution is -0.384. The van der Waals surface area contributed by atoms with Crippen LogP contribution in [0.25, 0.3) is 0 Å². The number of hydrogen-bond acceptors (Lipinski definition) is 7. The standard InChI is InChI=1S/C12H15N5O3/c1-7-8(2)20-11(15-7)6-14-12-9(17(18)19)4-5-10(13-3)16-12/h4-5H,6H2,1-3H3,(H2,13,14,16). The van der Waals surface area contributed by atoms with Gasteiger partial charge in [-0.15, -0.1) is 0 Å². The number of nitrogens with zero attached hydrogens (tertiary/aromatic N) is 3. The van der Waals surface area contributed by atoms with Crippen molar-refractivity contribution < 1.29 is 9.34 Å². The molecule has 106 valence electrons. The fourth-order valence-corrected chi connectivity index (χ4v) is 1.64. The fourth-order valence-electron chi connectivity index (χ4n) is 1.64. The largest absolute Gasteiger partial charge is 0.444 e. The molecule has 8 nitrogen and oxygen atoms in total. The third kappa shape index (κ3) is 2.85. The van der Waals surface area contributed by atoms with Gasteiger partial charge in [0.2, 0.25) is 11.7 Å². The third-order valence-corrected chi connectivity index (χ3v) is 2.81. The molecular formula is C12H15N5O3. The Morgan fingerprint density at radius 2 is 2.10 bits per heavy atom. The maximum atomic E-state index is 11.0. The predicted octanol–water partition coefficient (Wildman–Crippen LogP) is 2.25. The van der Waals surface area contributed by atoms with E-state index in [0.717, 1.165) is 11.5 Å². The van der Waals surface area contributed by atoms with E-state index in [1.54, 1.807) is 13.1 Å². The van der Waals surface area contributed by atoms with E-state index in [4.69, 9.17) is 4.42 Å². The lowest BCUT2D eigenvalue weighted by Gasteiger charge is -2.06. The first-order valence-electron chi connectivity index (χ1n) is 6.01. The van der Waals surface area contributed by atoms with Crippen molar-refractivity contribution in [1.82, 2.24) is 9.97 Å². The number of aryl methyl sites for hydroxylation is 2. The second-order valence-corrected chi connectivity index (χ2v) is 4.17. The van der Waals surface area contributed by atoms with E-state index in [-0.39, 0.29) is 18.1 Å². The lowest BCUT2D eigenvalue weighted by Crippen LogP contribution is -2.06. The maximum Gasteiger partial charge on any atom is 0.311 e. The third-order valence-electron chi connectivity index (χ3n) is 2.81. The molecule has 0 aliphatic heterocycles. The average molecular weight is 277 g/mol. The number of nitrogens with one attached hydrogen (secondary N) is 2. The molecule has 0 bridgehead atoms. The van der Waals surface area contributed by atoms with Gasteiger partial charge in [-0.3, -0.25) is 10.1 Å². The van der Waals surface area contributed by atoms with Crippen molar-refractivity contribution >= 4 is 17.3 Å². The molecule has 0 aromatic carbocycles. The highest BCUT2D eigenvalue weighted by Gasteiger charge is 2.16. The minimum Gasteiger partial charge on any atom is -0.444 e. The quantitative estimate of drug-likeness (QED) is 0.637. The van der Waals surface area contributed by atoms with Crippen LogP contribution in [0.1, 0.15) is 17.3 Å². The van der Waals surface area contributed by atoms with Gasteiger partial charge in [0.1, 0.15) is 11.6 Å². The van der Waals surface area contributed by atoms with E-state index < -0.39 is 4.92 Å². The van der Waals surface area contributed by atoms with Crippen molar-refractivity contribution in [3.8, 4) is 0 Å². The first-order valence-corrected chi connectivity index (χ1v) is 6.01. The van der Waals surface area contributed by atoms with E-state index in [2.05, 4.69) is 20.6 Å². The lowest BCUT2D eigenvalue weighted by atomic mass is 10.3. The molecule has 2 heterocycles. The van der Waals surface area contributed by atoms with Crippen molar-refractivity contribution in [1.29, 1.82) is 0 Å². The van der Waals surface area contributed by atoms with E-state index in [9.17, 15) is 10.1 Å². The van der Waals surface area contributed by atoms with Gasteiger partial charge in [-0.25, -0.2) is 9.97 Å². The smallest absolute Gasteiger partial charge is 0.311 e. The average Bonchev–Trinajstić information content (AvgIpc) is 2.75. The maximum absolute atomic E-state index is 11.0. The summed E-state index contributed by atoms with van der Waals surface area (Å²) in [7, 11) is 1.69. The summed E-state index contributed by atoms with van der Waals surface area (Å²) in [5.74, 6) is 1.91. The van der Waals surface area contributed by atoms with Crippen LogP contribution in [0.5, 0.6) is 0 Å². The summed E-state index contributed by atoms with van der Waals surface area (Å²) in [6, 6.07) is 2.94. The summed E-state index contributed by atoms with van der Waals surface area (Å²) < 4.78 is 5.41. The molecule has 0 saturated carbocycles. The number of nitro groups is 1. The van der Waals surface area contributed by atoms with Gasteiger partial charge in [0.05, 0.1) is 17.2 Å². The zero-order chi connectivity index (χ0) is 14.7. The van der Waals surface area contributed by atoms with Gasteiger partial charge in [0, 0.05) is 13.1 Å². The molecule has 20 heavy (non-hydrogen) atoms. The zero-order valence-corrected chi connectivity index (χ0v) is 11.4. The second kappa shape index (κ2) is 5.55. The van der Waals surface area contributed by atoms with Crippen molar-refractivity contribution in [2.24, 2.45) is 0 Å². The first-order chi connectivity index (χ1) is 9.51. The molecule has 2 aromatic rings. The number of pyridine rings is 1. The number of oxazole rings is 1. The van der Waals surface area contributed by atoms with E-state index >= 15 is 0 Å². The van der Waals surface area contributed by atoms with Gasteiger partial charge in [0.15, 0.2) is 0 Å². The molecule has 0 atom stereocenters. The van der Waals surface area contributed by atoms with Crippen molar-refractivity contribution in [2.45, 2.75) is 20.4 Å². The molecular weight excluding hydrogens is 262 g/mol. The molecule has 0 fully saturated rings. The molecule has 0 unspecified atom stereocenters. The molecule has 0 aliphatic carbocycles. The molecule has 0 aliphatic rings. The topological polar surface area (TPSA) is 106 Å². The van der Waals surface area contributed by atoms with Crippen LogP contribution in [-0.4, -0.2) is 21.9 Å². The Balaban J connectivity index is 2.20. The highest BCUT2D eigenvalue weighted by atomic mass is 16.6. The van der Waals surface area contributed by atoms with Crippen LogP contribution in [0.15, 0.2) is 16.5 Å². The van der Waals surface area contributed by atoms with Crippen LogP contribution in [0.4, 0.5) is 17.3 Å². The van der Waals surface area contributed by atoms with Crippen LogP contribution in [0.3, 0.4) is 0 Å². The van der Waals surface area contributed by atoms with Gasteiger partial charge in [0.25, 0.3) is 0 Å². The number of aromatic nitrogens is 2. The summed E-state index contributed by atoms with van der Waals surface area (Å²) >= 11 is 0.